The molecule has 6 heteroatoms. The zero-order valence-electron chi connectivity index (χ0n) is 10.7. The van der Waals surface area contributed by atoms with Crippen LogP contribution in [0.4, 0.5) is 0 Å². The zero-order valence-corrected chi connectivity index (χ0v) is 10.7. The van der Waals surface area contributed by atoms with E-state index in [1.807, 2.05) is 0 Å². The van der Waals surface area contributed by atoms with Crippen molar-refractivity contribution < 1.29 is 14.3 Å². The van der Waals surface area contributed by atoms with Crippen molar-refractivity contribution in [1.29, 1.82) is 0 Å². The second-order valence-corrected chi connectivity index (χ2v) is 4.46. The van der Waals surface area contributed by atoms with Crippen LogP contribution in [0.15, 0.2) is 23.3 Å². The van der Waals surface area contributed by atoms with Gasteiger partial charge in [0.15, 0.2) is 5.43 Å². The van der Waals surface area contributed by atoms with Gasteiger partial charge in [-0.1, -0.05) is 0 Å². The third-order valence-corrected chi connectivity index (χ3v) is 3.29. The number of esters is 1. The van der Waals surface area contributed by atoms with Crippen LogP contribution >= 0.6 is 0 Å². The number of aromatic nitrogens is 1. The Morgan fingerprint density at radius 1 is 1.42 bits per heavy atom. The van der Waals surface area contributed by atoms with Gasteiger partial charge in [0.1, 0.15) is 11.6 Å². The van der Waals surface area contributed by atoms with Gasteiger partial charge in [-0.3, -0.25) is 9.59 Å². The summed E-state index contributed by atoms with van der Waals surface area (Å²) < 4.78 is 4.72. The largest absolute Gasteiger partial charge is 0.467 e. The number of H-pyrrole nitrogens is 1. The molecule has 19 heavy (non-hydrogen) atoms. The minimum atomic E-state index is -0.592. The number of likely N-dealkylation sites (tertiary alicyclic amines) is 1. The molecule has 0 bridgehead atoms. The van der Waals surface area contributed by atoms with Gasteiger partial charge in [0.2, 0.25) is 0 Å². The number of pyridine rings is 1. The SMILES string of the molecule is COC(=O)[C@H]1CCCCN1C(=O)c1c[nH]ccc1=O. The highest BCUT2D eigenvalue weighted by molar-refractivity contribution is 5.96. The number of ether oxygens (including phenoxy) is 1. The highest BCUT2D eigenvalue weighted by Crippen LogP contribution is 2.19. The lowest BCUT2D eigenvalue weighted by molar-refractivity contribution is -0.147. The molecule has 0 aromatic carbocycles. The van der Waals surface area contributed by atoms with Crippen LogP contribution in [0.3, 0.4) is 0 Å². The first-order chi connectivity index (χ1) is 9.15. The number of carbonyl (C=O) groups excluding carboxylic acids is 2. The number of rotatable bonds is 2. The van der Waals surface area contributed by atoms with Gasteiger partial charge in [-0.15, -0.1) is 0 Å². The van der Waals surface area contributed by atoms with E-state index in [1.165, 1.54) is 30.5 Å². The molecule has 1 aromatic rings. The minimum Gasteiger partial charge on any atom is -0.467 e. The molecule has 2 heterocycles. The third-order valence-electron chi connectivity index (χ3n) is 3.29. The van der Waals surface area contributed by atoms with Crippen LogP contribution in [-0.2, 0) is 9.53 Å². The number of aromatic amines is 1. The van der Waals surface area contributed by atoms with Crippen molar-refractivity contribution in [3.8, 4) is 0 Å². The van der Waals surface area contributed by atoms with Crippen molar-refractivity contribution in [3.05, 3.63) is 34.2 Å². The fourth-order valence-corrected chi connectivity index (χ4v) is 2.29. The molecule has 1 fully saturated rings. The van der Waals surface area contributed by atoms with Gasteiger partial charge < -0.3 is 14.6 Å². The predicted molar refractivity (Wildman–Crippen MR) is 67.8 cm³/mol. The van der Waals surface area contributed by atoms with Crippen LogP contribution in [0.25, 0.3) is 0 Å². The van der Waals surface area contributed by atoms with Crippen molar-refractivity contribution in [2.24, 2.45) is 0 Å². The monoisotopic (exact) mass is 264 g/mol. The van der Waals surface area contributed by atoms with E-state index in [2.05, 4.69) is 4.98 Å². The Kier molecular flexibility index (Phi) is 3.99. The minimum absolute atomic E-state index is 0.0540. The third kappa shape index (κ3) is 2.67. The van der Waals surface area contributed by atoms with Gasteiger partial charge in [0, 0.05) is 25.0 Å². The summed E-state index contributed by atoms with van der Waals surface area (Å²) in [6.07, 6.45) is 5.10. The summed E-state index contributed by atoms with van der Waals surface area (Å²) in [5.41, 5.74) is -0.295. The molecule has 1 saturated heterocycles. The van der Waals surface area contributed by atoms with E-state index in [1.54, 1.807) is 0 Å². The fourth-order valence-electron chi connectivity index (χ4n) is 2.29. The van der Waals surface area contributed by atoms with Crippen LogP contribution in [0.5, 0.6) is 0 Å². The summed E-state index contributed by atoms with van der Waals surface area (Å²) in [6, 6.07) is 0.704. The maximum absolute atomic E-state index is 12.3. The molecule has 1 aromatic heterocycles. The maximum Gasteiger partial charge on any atom is 0.328 e. The van der Waals surface area contributed by atoms with Gasteiger partial charge in [-0.25, -0.2) is 4.79 Å². The summed E-state index contributed by atoms with van der Waals surface area (Å²) in [7, 11) is 1.30. The standard InChI is InChI=1S/C13H16N2O4/c1-19-13(18)10-4-2-3-7-15(10)12(17)9-8-14-6-5-11(9)16/h5-6,8,10H,2-4,7H2,1H3,(H,14,16)/t10-/m1/s1. The quantitative estimate of drug-likeness (QED) is 0.791. The number of hydrogen-bond acceptors (Lipinski definition) is 4. The van der Waals surface area contributed by atoms with Gasteiger partial charge in [-0.2, -0.15) is 0 Å². The molecule has 0 radical (unpaired) electrons. The first-order valence-electron chi connectivity index (χ1n) is 6.21. The van der Waals surface area contributed by atoms with Crippen LogP contribution in [0.2, 0.25) is 0 Å². The topological polar surface area (TPSA) is 79.5 Å². The van der Waals surface area contributed by atoms with Crippen LogP contribution in [-0.4, -0.2) is 41.5 Å². The molecule has 0 unspecified atom stereocenters. The summed E-state index contributed by atoms with van der Waals surface area (Å²) in [5, 5.41) is 0. The second-order valence-electron chi connectivity index (χ2n) is 4.46. The van der Waals surface area contributed by atoms with E-state index < -0.39 is 17.9 Å². The average molecular weight is 264 g/mol. The van der Waals surface area contributed by atoms with E-state index in [4.69, 9.17) is 4.74 Å². The summed E-state index contributed by atoms with van der Waals surface area (Å²) in [4.78, 5) is 39.9. The lowest BCUT2D eigenvalue weighted by Gasteiger charge is -2.33. The number of hydrogen-bond donors (Lipinski definition) is 1. The van der Waals surface area contributed by atoms with E-state index in [0.29, 0.717) is 13.0 Å². The predicted octanol–water partition coefficient (Wildman–Crippen LogP) is 0.543. The van der Waals surface area contributed by atoms with Crippen LogP contribution < -0.4 is 5.43 Å². The lowest BCUT2D eigenvalue weighted by atomic mass is 10.0. The number of piperidine rings is 1. The van der Waals surface area contributed by atoms with Gasteiger partial charge in [0.25, 0.3) is 5.91 Å². The van der Waals surface area contributed by atoms with E-state index in [-0.39, 0.29) is 11.0 Å². The molecular formula is C13H16N2O4. The molecule has 1 amide bonds. The highest BCUT2D eigenvalue weighted by Gasteiger charge is 2.33. The number of methoxy groups -OCH3 is 1. The Bertz CT molecular complexity index is 537. The Hall–Kier alpha value is -2.11. The van der Waals surface area contributed by atoms with Crippen LogP contribution in [0.1, 0.15) is 29.6 Å². The van der Waals surface area contributed by atoms with Gasteiger partial charge in [-0.05, 0) is 19.3 Å². The fraction of sp³-hybridized carbons (Fsp3) is 0.462. The maximum atomic E-state index is 12.3. The lowest BCUT2D eigenvalue weighted by Crippen LogP contribution is -2.49. The highest BCUT2D eigenvalue weighted by atomic mass is 16.5. The van der Waals surface area contributed by atoms with Crippen molar-refractivity contribution in [3.63, 3.8) is 0 Å². The number of carbonyl (C=O) groups is 2. The molecule has 1 atom stereocenters. The van der Waals surface area contributed by atoms with E-state index in [0.717, 1.165) is 12.8 Å². The van der Waals surface area contributed by atoms with E-state index >= 15 is 0 Å². The van der Waals surface area contributed by atoms with Crippen molar-refractivity contribution in [2.75, 3.05) is 13.7 Å². The van der Waals surface area contributed by atoms with Crippen molar-refractivity contribution >= 4 is 11.9 Å². The Morgan fingerprint density at radius 2 is 2.21 bits per heavy atom. The van der Waals surface area contributed by atoms with Crippen molar-refractivity contribution in [2.45, 2.75) is 25.3 Å². The molecule has 6 nitrogen and oxygen atoms in total. The molecule has 0 saturated carbocycles. The molecule has 1 N–H and O–H groups in total. The van der Waals surface area contributed by atoms with Gasteiger partial charge in [0.05, 0.1) is 7.11 Å². The zero-order chi connectivity index (χ0) is 13.8. The Balaban J connectivity index is 2.28. The van der Waals surface area contributed by atoms with E-state index in [9.17, 15) is 14.4 Å². The molecular weight excluding hydrogens is 248 g/mol. The Morgan fingerprint density at radius 3 is 2.89 bits per heavy atom. The van der Waals surface area contributed by atoms with Crippen molar-refractivity contribution in [1.82, 2.24) is 9.88 Å². The first kappa shape index (κ1) is 13.3. The summed E-state index contributed by atoms with van der Waals surface area (Å²) in [6.45, 7) is 0.465. The second kappa shape index (κ2) is 5.69. The normalized spacial score (nSPS) is 19.0. The average Bonchev–Trinajstić information content (AvgIpc) is 2.46. The molecule has 0 spiro atoms. The van der Waals surface area contributed by atoms with Crippen LogP contribution in [0, 0.1) is 0 Å². The summed E-state index contributed by atoms with van der Waals surface area (Å²) >= 11 is 0. The smallest absolute Gasteiger partial charge is 0.328 e. The first-order valence-corrected chi connectivity index (χ1v) is 6.21. The number of nitrogens with zero attached hydrogens (tertiary/aromatic N) is 1. The molecule has 1 aliphatic heterocycles. The van der Waals surface area contributed by atoms with Gasteiger partial charge >= 0.3 is 5.97 Å². The molecule has 102 valence electrons. The molecule has 2 rings (SSSR count). The molecule has 1 aliphatic rings. The Labute approximate surface area is 110 Å². The number of nitrogens with one attached hydrogen (secondary N) is 1. The summed E-state index contributed by atoms with van der Waals surface area (Å²) in [5.74, 6) is -0.850. The number of amides is 1. The molecule has 0 aliphatic carbocycles.